The van der Waals surface area contributed by atoms with Gasteiger partial charge in [-0.2, -0.15) is 5.10 Å². The van der Waals surface area contributed by atoms with Crippen LogP contribution in [-0.2, 0) is 6.54 Å². The van der Waals surface area contributed by atoms with Crippen LogP contribution in [0.5, 0.6) is 5.75 Å². The van der Waals surface area contributed by atoms with Crippen LogP contribution in [-0.4, -0.2) is 31.4 Å². The van der Waals surface area contributed by atoms with Gasteiger partial charge in [-0.15, -0.1) is 0 Å². The Kier molecular flexibility index (Phi) is 4.74. The van der Waals surface area contributed by atoms with Crippen LogP contribution in [0.1, 0.15) is 37.2 Å². The molecule has 1 fully saturated rings. The maximum absolute atomic E-state index is 6.30. The Hall–Kier alpha value is -3.33. The van der Waals surface area contributed by atoms with Gasteiger partial charge in [0.1, 0.15) is 17.0 Å². The number of nitrogen functional groups attached to an aromatic ring is 1. The highest BCUT2D eigenvalue weighted by Crippen LogP contribution is 2.34. The molecule has 6 N–H and O–H groups in total. The summed E-state index contributed by atoms with van der Waals surface area (Å²) in [4.78, 5) is 8.62. The van der Waals surface area contributed by atoms with Gasteiger partial charge in [-0.1, -0.05) is 12.1 Å². The molecule has 4 rings (SSSR count). The van der Waals surface area contributed by atoms with Gasteiger partial charge in [0, 0.05) is 17.8 Å². The van der Waals surface area contributed by atoms with E-state index in [-0.39, 0.29) is 5.95 Å². The van der Waals surface area contributed by atoms with Crippen LogP contribution in [0, 0.1) is 0 Å². The first-order valence-corrected chi connectivity index (χ1v) is 9.27. The molecule has 146 valence electrons. The number of aromatic nitrogens is 4. The second-order valence-corrected chi connectivity index (χ2v) is 6.79. The molecule has 0 spiro atoms. The maximum atomic E-state index is 6.30. The van der Waals surface area contributed by atoms with Crippen molar-refractivity contribution in [2.24, 2.45) is 11.6 Å². The zero-order valence-corrected chi connectivity index (χ0v) is 15.7. The molecule has 0 aliphatic heterocycles. The molecule has 0 unspecified atom stereocenters. The SMILES string of the molecule is CCOc1cccc2c(/C(N)=C/N(N)Cc3ccn(C4CC4)n3)nc(N)nc12. The van der Waals surface area contributed by atoms with Crippen LogP contribution in [0.3, 0.4) is 0 Å². The molecule has 0 bridgehead atoms. The normalized spacial score (nSPS) is 14.4. The average molecular weight is 380 g/mol. The summed E-state index contributed by atoms with van der Waals surface area (Å²) in [5.41, 5.74) is 14.6. The van der Waals surface area contributed by atoms with E-state index in [2.05, 4.69) is 15.1 Å². The number of anilines is 1. The zero-order valence-electron chi connectivity index (χ0n) is 15.7. The molecule has 0 radical (unpaired) electrons. The molecule has 1 aromatic carbocycles. The van der Waals surface area contributed by atoms with Gasteiger partial charge in [-0.3, -0.25) is 4.68 Å². The van der Waals surface area contributed by atoms with Crippen LogP contribution in [0.2, 0.25) is 0 Å². The number of hydrogen-bond acceptors (Lipinski definition) is 8. The predicted molar refractivity (Wildman–Crippen MR) is 108 cm³/mol. The van der Waals surface area contributed by atoms with E-state index in [0.29, 0.717) is 41.9 Å². The lowest BCUT2D eigenvalue weighted by Crippen LogP contribution is -2.26. The summed E-state index contributed by atoms with van der Waals surface area (Å²) in [7, 11) is 0. The van der Waals surface area contributed by atoms with Crippen molar-refractivity contribution in [1.82, 2.24) is 24.8 Å². The lowest BCUT2D eigenvalue weighted by Gasteiger charge is -2.15. The molecule has 1 saturated carbocycles. The molecule has 3 aromatic rings. The highest BCUT2D eigenvalue weighted by molar-refractivity contribution is 5.93. The van der Waals surface area contributed by atoms with E-state index >= 15 is 0 Å². The Morgan fingerprint density at radius 2 is 2.14 bits per heavy atom. The quantitative estimate of drug-likeness (QED) is 0.417. The van der Waals surface area contributed by atoms with Crippen molar-refractivity contribution in [3.63, 3.8) is 0 Å². The number of nitrogens with zero attached hydrogens (tertiary/aromatic N) is 5. The molecular formula is C19H24N8O. The first kappa shape index (κ1) is 18.1. The fraction of sp³-hybridized carbons (Fsp3) is 0.316. The smallest absolute Gasteiger partial charge is 0.221 e. The number of benzene rings is 1. The Morgan fingerprint density at radius 1 is 1.32 bits per heavy atom. The Labute approximate surface area is 162 Å². The number of hydrogen-bond donors (Lipinski definition) is 3. The minimum absolute atomic E-state index is 0.123. The molecule has 1 aliphatic rings. The van der Waals surface area contributed by atoms with Crippen molar-refractivity contribution >= 4 is 22.5 Å². The third-order valence-corrected chi connectivity index (χ3v) is 4.51. The van der Waals surface area contributed by atoms with Gasteiger partial charge in [0.15, 0.2) is 0 Å². The summed E-state index contributed by atoms with van der Waals surface area (Å²) in [5.74, 6) is 6.89. The molecule has 28 heavy (non-hydrogen) atoms. The predicted octanol–water partition coefficient (Wildman–Crippen LogP) is 1.78. The molecule has 1 aliphatic carbocycles. The molecule has 0 saturated heterocycles. The summed E-state index contributed by atoms with van der Waals surface area (Å²) < 4.78 is 7.63. The van der Waals surface area contributed by atoms with E-state index in [9.17, 15) is 0 Å². The second kappa shape index (κ2) is 7.35. The van der Waals surface area contributed by atoms with Gasteiger partial charge in [0.25, 0.3) is 0 Å². The standard InChI is InChI=1S/C19H24N8O/c1-2-28-16-5-3-4-14-17(23-19(21)24-18(14)16)15(20)11-26(22)10-12-8-9-27(25-12)13-6-7-13/h3-5,8-9,11,13H,2,6-7,10,20,22H2,1H3,(H2,21,23,24)/b15-11-. The van der Waals surface area contributed by atoms with Crippen molar-refractivity contribution < 1.29 is 4.74 Å². The van der Waals surface area contributed by atoms with Gasteiger partial charge in [-0.25, -0.2) is 15.8 Å². The van der Waals surface area contributed by atoms with Gasteiger partial charge in [-0.05, 0) is 31.9 Å². The fourth-order valence-electron chi connectivity index (χ4n) is 3.11. The number of ether oxygens (including phenoxy) is 1. The van der Waals surface area contributed by atoms with E-state index in [1.165, 1.54) is 17.9 Å². The number of nitrogens with two attached hydrogens (primary N) is 3. The molecule has 0 atom stereocenters. The molecule has 2 aromatic heterocycles. The third-order valence-electron chi connectivity index (χ3n) is 4.51. The summed E-state index contributed by atoms with van der Waals surface area (Å²) in [6, 6.07) is 8.09. The minimum Gasteiger partial charge on any atom is -0.492 e. The van der Waals surface area contributed by atoms with Crippen molar-refractivity contribution in [3.8, 4) is 5.75 Å². The Balaban J connectivity index is 1.61. The van der Waals surface area contributed by atoms with Crippen molar-refractivity contribution in [3.05, 3.63) is 48.1 Å². The molecule has 9 heteroatoms. The highest BCUT2D eigenvalue weighted by atomic mass is 16.5. The zero-order chi connectivity index (χ0) is 19.7. The van der Waals surface area contributed by atoms with Crippen molar-refractivity contribution in [1.29, 1.82) is 0 Å². The number of rotatable bonds is 7. The van der Waals surface area contributed by atoms with E-state index < -0.39 is 0 Å². The van der Waals surface area contributed by atoms with Gasteiger partial charge >= 0.3 is 0 Å². The molecular weight excluding hydrogens is 356 g/mol. The lowest BCUT2D eigenvalue weighted by atomic mass is 10.1. The molecule has 9 nitrogen and oxygen atoms in total. The topological polar surface area (TPSA) is 134 Å². The highest BCUT2D eigenvalue weighted by Gasteiger charge is 2.24. The first-order chi connectivity index (χ1) is 13.5. The van der Waals surface area contributed by atoms with Crippen LogP contribution >= 0.6 is 0 Å². The largest absolute Gasteiger partial charge is 0.492 e. The maximum Gasteiger partial charge on any atom is 0.221 e. The molecule has 2 heterocycles. The average Bonchev–Trinajstić information content (AvgIpc) is 3.41. The lowest BCUT2D eigenvalue weighted by molar-refractivity contribution is 0.343. The van der Waals surface area contributed by atoms with E-state index in [4.69, 9.17) is 22.0 Å². The fourth-order valence-corrected chi connectivity index (χ4v) is 3.11. The summed E-state index contributed by atoms with van der Waals surface area (Å²) in [5, 5.41) is 6.79. The van der Waals surface area contributed by atoms with Gasteiger partial charge < -0.3 is 21.2 Å². The Morgan fingerprint density at radius 3 is 2.89 bits per heavy atom. The number of fused-ring (bicyclic) bond motifs is 1. The van der Waals surface area contributed by atoms with Crippen molar-refractivity contribution in [2.45, 2.75) is 32.4 Å². The summed E-state index contributed by atoms with van der Waals surface area (Å²) >= 11 is 0. The number of hydrazine groups is 1. The van der Waals surface area contributed by atoms with Gasteiger partial charge in [0.05, 0.1) is 30.6 Å². The van der Waals surface area contributed by atoms with Crippen LogP contribution in [0.4, 0.5) is 5.95 Å². The first-order valence-electron chi connectivity index (χ1n) is 9.27. The van der Waals surface area contributed by atoms with E-state index in [1.54, 1.807) is 6.20 Å². The van der Waals surface area contributed by atoms with E-state index in [1.807, 2.05) is 42.1 Å². The van der Waals surface area contributed by atoms with Crippen molar-refractivity contribution in [2.75, 3.05) is 12.3 Å². The number of para-hydroxylation sites is 1. The summed E-state index contributed by atoms with van der Waals surface area (Å²) in [6.45, 7) is 2.87. The third kappa shape index (κ3) is 3.70. The summed E-state index contributed by atoms with van der Waals surface area (Å²) in [6.07, 6.45) is 5.99. The van der Waals surface area contributed by atoms with Crippen LogP contribution in [0.25, 0.3) is 16.6 Å². The van der Waals surface area contributed by atoms with Crippen LogP contribution in [0.15, 0.2) is 36.7 Å². The minimum atomic E-state index is 0.123. The monoisotopic (exact) mass is 380 g/mol. The van der Waals surface area contributed by atoms with Gasteiger partial charge in [0.2, 0.25) is 5.95 Å². The van der Waals surface area contributed by atoms with Crippen LogP contribution < -0.4 is 22.0 Å². The van der Waals surface area contributed by atoms with E-state index in [0.717, 1.165) is 11.1 Å². The Bertz CT molecular complexity index is 1020. The second-order valence-electron chi connectivity index (χ2n) is 6.79. The molecule has 0 amide bonds.